The molecule has 0 rings (SSSR count). The van der Waals surface area contributed by atoms with Gasteiger partial charge in [-0.25, -0.2) is 0 Å². The zero-order chi connectivity index (χ0) is 19.0. The smallest absolute Gasteiger partial charge is 0.267 e. The third-order valence-electron chi connectivity index (χ3n) is 5.09. The summed E-state index contributed by atoms with van der Waals surface area (Å²) in [6, 6.07) is 0. The molecule has 0 saturated carbocycles. The van der Waals surface area contributed by atoms with Crippen LogP contribution >= 0.6 is 0 Å². The standard InChI is InChI=1S/C20H42O4S/c1-3-5-13-17-20(25(22,23)24)18-15-12-10-8-6-7-9-11-14-16-19(21)4-2/h19-21H,3-18H2,1-2H3,(H,22,23,24). The Morgan fingerprint density at radius 2 is 1.08 bits per heavy atom. The summed E-state index contributed by atoms with van der Waals surface area (Å²) in [4.78, 5) is 0. The fourth-order valence-corrected chi connectivity index (χ4v) is 4.19. The molecule has 0 saturated heterocycles. The van der Waals surface area contributed by atoms with E-state index in [1.807, 2.05) is 6.92 Å². The van der Waals surface area contributed by atoms with E-state index in [0.717, 1.165) is 57.8 Å². The predicted molar refractivity (Wildman–Crippen MR) is 107 cm³/mol. The van der Waals surface area contributed by atoms with E-state index in [1.165, 1.54) is 32.1 Å². The second-order valence-electron chi connectivity index (χ2n) is 7.45. The zero-order valence-corrected chi connectivity index (χ0v) is 17.4. The highest BCUT2D eigenvalue weighted by molar-refractivity contribution is 7.86. The molecule has 0 aliphatic heterocycles. The van der Waals surface area contributed by atoms with Gasteiger partial charge in [0.05, 0.1) is 11.4 Å². The van der Waals surface area contributed by atoms with Gasteiger partial charge < -0.3 is 5.11 Å². The normalized spacial score (nSPS) is 14.6. The highest BCUT2D eigenvalue weighted by Gasteiger charge is 2.21. The second-order valence-corrected chi connectivity index (χ2v) is 9.15. The van der Waals surface area contributed by atoms with Gasteiger partial charge in [-0.15, -0.1) is 0 Å². The van der Waals surface area contributed by atoms with Crippen LogP contribution in [0.15, 0.2) is 0 Å². The minimum atomic E-state index is -3.88. The monoisotopic (exact) mass is 378 g/mol. The maximum absolute atomic E-state index is 11.4. The average molecular weight is 379 g/mol. The third-order valence-corrected chi connectivity index (χ3v) is 6.40. The number of hydrogen-bond acceptors (Lipinski definition) is 3. The molecule has 0 bridgehead atoms. The molecule has 2 N–H and O–H groups in total. The highest BCUT2D eigenvalue weighted by Crippen LogP contribution is 2.18. The van der Waals surface area contributed by atoms with Crippen LogP contribution < -0.4 is 0 Å². The Labute approximate surface area is 156 Å². The second kappa shape index (κ2) is 16.1. The highest BCUT2D eigenvalue weighted by atomic mass is 32.2. The molecule has 0 fully saturated rings. The first-order chi connectivity index (χ1) is 11.9. The van der Waals surface area contributed by atoms with Crippen LogP contribution in [0.25, 0.3) is 0 Å². The van der Waals surface area contributed by atoms with Crippen LogP contribution in [0.5, 0.6) is 0 Å². The van der Waals surface area contributed by atoms with Gasteiger partial charge in [-0.2, -0.15) is 8.42 Å². The molecular formula is C20H42O4S. The Kier molecular flexibility index (Phi) is 16.0. The third kappa shape index (κ3) is 15.8. The van der Waals surface area contributed by atoms with Crippen LogP contribution in [0.3, 0.4) is 0 Å². The Hall–Kier alpha value is -0.130. The number of unbranched alkanes of at least 4 members (excludes halogenated alkanes) is 10. The molecule has 2 unspecified atom stereocenters. The number of aliphatic hydroxyl groups is 1. The summed E-state index contributed by atoms with van der Waals surface area (Å²) in [7, 11) is -3.88. The molecule has 25 heavy (non-hydrogen) atoms. The number of aliphatic hydroxyl groups excluding tert-OH is 1. The van der Waals surface area contributed by atoms with Crippen LogP contribution in [-0.2, 0) is 10.1 Å². The van der Waals surface area contributed by atoms with Crippen LogP contribution in [0.2, 0.25) is 0 Å². The van der Waals surface area contributed by atoms with Crippen molar-refractivity contribution < 1.29 is 18.1 Å². The van der Waals surface area contributed by atoms with E-state index in [9.17, 15) is 18.1 Å². The van der Waals surface area contributed by atoms with E-state index in [-0.39, 0.29) is 6.10 Å². The van der Waals surface area contributed by atoms with Gasteiger partial charge in [-0.05, 0) is 25.7 Å². The lowest BCUT2D eigenvalue weighted by Gasteiger charge is -2.13. The lowest BCUT2D eigenvalue weighted by molar-refractivity contribution is 0.156. The van der Waals surface area contributed by atoms with Crippen molar-refractivity contribution in [1.82, 2.24) is 0 Å². The van der Waals surface area contributed by atoms with Gasteiger partial charge in [-0.3, -0.25) is 4.55 Å². The van der Waals surface area contributed by atoms with Gasteiger partial charge in [0.1, 0.15) is 0 Å². The molecule has 4 nitrogen and oxygen atoms in total. The molecule has 2 atom stereocenters. The van der Waals surface area contributed by atoms with Crippen molar-refractivity contribution in [2.45, 2.75) is 128 Å². The molecular weight excluding hydrogens is 336 g/mol. The fraction of sp³-hybridized carbons (Fsp3) is 1.00. The Balaban J connectivity index is 3.54. The van der Waals surface area contributed by atoms with Crippen LogP contribution in [0.1, 0.15) is 117 Å². The van der Waals surface area contributed by atoms with E-state index >= 15 is 0 Å². The predicted octanol–water partition coefficient (Wildman–Crippen LogP) is 5.89. The van der Waals surface area contributed by atoms with Crippen molar-refractivity contribution in [3.63, 3.8) is 0 Å². The summed E-state index contributed by atoms with van der Waals surface area (Å²) in [6.07, 6.45) is 16.3. The summed E-state index contributed by atoms with van der Waals surface area (Å²) in [5.41, 5.74) is 0. The summed E-state index contributed by atoms with van der Waals surface area (Å²) >= 11 is 0. The van der Waals surface area contributed by atoms with E-state index in [2.05, 4.69) is 6.92 Å². The minimum Gasteiger partial charge on any atom is -0.393 e. The molecule has 0 aliphatic rings. The maximum atomic E-state index is 11.4. The van der Waals surface area contributed by atoms with E-state index < -0.39 is 15.4 Å². The fourth-order valence-electron chi connectivity index (χ4n) is 3.26. The van der Waals surface area contributed by atoms with Gasteiger partial charge in [0, 0.05) is 0 Å². The van der Waals surface area contributed by atoms with Gasteiger partial charge >= 0.3 is 0 Å². The van der Waals surface area contributed by atoms with Gasteiger partial charge in [0.15, 0.2) is 0 Å². The van der Waals surface area contributed by atoms with Gasteiger partial charge in [0.25, 0.3) is 10.1 Å². The van der Waals surface area contributed by atoms with Crippen molar-refractivity contribution in [2.24, 2.45) is 0 Å². The summed E-state index contributed by atoms with van der Waals surface area (Å²) in [5, 5.41) is 8.92. The zero-order valence-electron chi connectivity index (χ0n) is 16.6. The van der Waals surface area contributed by atoms with E-state index in [1.54, 1.807) is 0 Å². The first kappa shape index (κ1) is 24.9. The molecule has 152 valence electrons. The Morgan fingerprint density at radius 3 is 1.48 bits per heavy atom. The number of rotatable bonds is 18. The molecule has 0 aliphatic carbocycles. The topological polar surface area (TPSA) is 74.6 Å². The van der Waals surface area contributed by atoms with E-state index in [0.29, 0.717) is 12.8 Å². The average Bonchev–Trinajstić information content (AvgIpc) is 2.56. The SMILES string of the molecule is CCCCCC(CCCCCCCCCCCC(O)CC)S(=O)(=O)O. The minimum absolute atomic E-state index is 0.117. The summed E-state index contributed by atoms with van der Waals surface area (Å²) in [6.45, 7) is 4.12. The molecule has 0 heterocycles. The lowest BCUT2D eigenvalue weighted by Crippen LogP contribution is -2.20. The molecule has 0 aromatic carbocycles. The number of hydrogen-bond donors (Lipinski definition) is 2. The van der Waals surface area contributed by atoms with Crippen molar-refractivity contribution in [2.75, 3.05) is 0 Å². The Morgan fingerprint density at radius 1 is 0.680 bits per heavy atom. The molecule has 0 spiro atoms. The molecule has 0 aromatic rings. The largest absolute Gasteiger partial charge is 0.393 e. The molecule has 0 radical (unpaired) electrons. The van der Waals surface area contributed by atoms with Crippen LogP contribution in [0, 0.1) is 0 Å². The quantitative estimate of drug-likeness (QED) is 0.230. The van der Waals surface area contributed by atoms with Crippen molar-refractivity contribution in [1.29, 1.82) is 0 Å². The maximum Gasteiger partial charge on any atom is 0.267 e. The van der Waals surface area contributed by atoms with Gasteiger partial charge in [-0.1, -0.05) is 90.9 Å². The lowest BCUT2D eigenvalue weighted by atomic mass is 10.0. The van der Waals surface area contributed by atoms with Crippen molar-refractivity contribution in [3.05, 3.63) is 0 Å². The summed E-state index contributed by atoms with van der Waals surface area (Å²) in [5.74, 6) is 0. The van der Waals surface area contributed by atoms with Crippen LogP contribution in [-0.4, -0.2) is 29.4 Å². The molecule has 5 heteroatoms. The van der Waals surface area contributed by atoms with Crippen molar-refractivity contribution >= 4 is 10.1 Å². The summed E-state index contributed by atoms with van der Waals surface area (Å²) < 4.78 is 32.2. The molecule has 0 aromatic heterocycles. The van der Waals surface area contributed by atoms with Gasteiger partial charge in [0.2, 0.25) is 0 Å². The van der Waals surface area contributed by atoms with E-state index in [4.69, 9.17) is 0 Å². The molecule has 0 amide bonds. The first-order valence-electron chi connectivity index (χ1n) is 10.6. The Bertz CT molecular complexity index is 381. The van der Waals surface area contributed by atoms with Crippen LogP contribution in [0.4, 0.5) is 0 Å². The first-order valence-corrected chi connectivity index (χ1v) is 12.1. The van der Waals surface area contributed by atoms with Crippen molar-refractivity contribution in [3.8, 4) is 0 Å².